The Balaban J connectivity index is 1.55. The van der Waals surface area contributed by atoms with E-state index in [-0.39, 0.29) is 17.9 Å². The van der Waals surface area contributed by atoms with Crippen molar-refractivity contribution in [2.75, 3.05) is 0 Å². The smallest absolute Gasteiger partial charge is 0.229 e. The topological polar surface area (TPSA) is 88.5 Å². The molecule has 1 aliphatic carbocycles. The Morgan fingerprint density at radius 1 is 1.50 bits per heavy atom. The highest BCUT2D eigenvalue weighted by molar-refractivity contribution is 5.84. The average molecular weight is 328 g/mol. The van der Waals surface area contributed by atoms with E-state index in [1.54, 1.807) is 0 Å². The number of nitrogens with one attached hydrogen (secondary N) is 2. The van der Waals surface area contributed by atoms with Crippen LogP contribution in [0.1, 0.15) is 68.0 Å². The molecule has 2 N–H and O–H groups in total. The third-order valence-electron chi connectivity index (χ3n) is 5.17. The summed E-state index contributed by atoms with van der Waals surface area (Å²) < 4.78 is 1.96. The van der Waals surface area contributed by atoms with Gasteiger partial charge in [-0.2, -0.15) is 10.2 Å². The number of aryl methyl sites for hydroxylation is 2. The van der Waals surface area contributed by atoms with Gasteiger partial charge in [0.15, 0.2) is 5.82 Å². The largest absolute Gasteiger partial charge is 0.346 e. The van der Waals surface area contributed by atoms with Crippen molar-refractivity contribution in [2.45, 2.75) is 64.5 Å². The number of carbonyl (C=O) groups excluding carboxylic acids is 1. The van der Waals surface area contributed by atoms with E-state index in [9.17, 15) is 4.79 Å². The van der Waals surface area contributed by atoms with Gasteiger partial charge in [-0.3, -0.25) is 9.89 Å². The molecule has 0 bridgehead atoms. The lowest BCUT2D eigenvalue weighted by atomic mass is 9.81. The fraction of sp³-hybridized carbons (Fsp3) is 0.647. The van der Waals surface area contributed by atoms with E-state index in [4.69, 9.17) is 0 Å². The molecule has 0 saturated carbocycles. The molecule has 3 heterocycles. The van der Waals surface area contributed by atoms with Crippen LogP contribution in [0.4, 0.5) is 0 Å². The number of fused-ring (bicyclic) bond motifs is 2. The van der Waals surface area contributed by atoms with E-state index < -0.39 is 0 Å². The summed E-state index contributed by atoms with van der Waals surface area (Å²) in [5, 5.41) is 14.9. The summed E-state index contributed by atoms with van der Waals surface area (Å²) in [4.78, 5) is 17.6. The molecule has 4 rings (SSSR count). The van der Waals surface area contributed by atoms with Crippen LogP contribution in [0.3, 0.4) is 0 Å². The molecule has 1 amide bonds. The normalized spacial score (nSPS) is 25.8. The molecule has 2 aromatic rings. The summed E-state index contributed by atoms with van der Waals surface area (Å²) in [5.41, 5.74) is 2.16. The summed E-state index contributed by atoms with van der Waals surface area (Å²) in [6.45, 7) is 5.14. The van der Waals surface area contributed by atoms with Gasteiger partial charge in [-0.1, -0.05) is 13.8 Å². The third kappa shape index (κ3) is 2.61. The van der Waals surface area contributed by atoms with Gasteiger partial charge in [0.25, 0.3) is 0 Å². The molecule has 2 aromatic heterocycles. The first-order chi connectivity index (χ1) is 11.7. The van der Waals surface area contributed by atoms with Gasteiger partial charge in [0.2, 0.25) is 5.91 Å². The zero-order valence-electron chi connectivity index (χ0n) is 14.2. The van der Waals surface area contributed by atoms with Crippen LogP contribution in [0.15, 0.2) is 6.20 Å². The monoisotopic (exact) mass is 328 g/mol. The zero-order chi connectivity index (χ0) is 16.7. The standard InChI is InChI=1S/C17H24N6O/c1-3-14-20-16-13(5-4-6-23(16)22-14)19-17(24)12-8-10(2)7-11-9-18-21-15(11)12/h9-10,12-13H,3-8H2,1-2H3,(H,18,21)(H,19,24)/t10-,12-,13+/m1/s1. The predicted molar refractivity (Wildman–Crippen MR) is 88.3 cm³/mol. The van der Waals surface area contributed by atoms with Gasteiger partial charge in [0.05, 0.1) is 23.9 Å². The summed E-state index contributed by atoms with van der Waals surface area (Å²) in [7, 11) is 0. The summed E-state index contributed by atoms with van der Waals surface area (Å²) >= 11 is 0. The molecule has 3 atom stereocenters. The molecule has 0 spiro atoms. The number of nitrogens with zero attached hydrogens (tertiary/aromatic N) is 4. The van der Waals surface area contributed by atoms with E-state index in [0.29, 0.717) is 5.92 Å². The number of carbonyl (C=O) groups is 1. The molecule has 0 unspecified atom stereocenters. The third-order valence-corrected chi connectivity index (χ3v) is 5.17. The average Bonchev–Trinajstić information content (AvgIpc) is 3.20. The van der Waals surface area contributed by atoms with Crippen molar-refractivity contribution >= 4 is 5.91 Å². The highest BCUT2D eigenvalue weighted by Gasteiger charge is 2.34. The van der Waals surface area contributed by atoms with Crippen LogP contribution in [0.2, 0.25) is 0 Å². The number of amides is 1. The van der Waals surface area contributed by atoms with Gasteiger partial charge in [-0.05, 0) is 37.2 Å². The van der Waals surface area contributed by atoms with E-state index in [1.807, 2.05) is 10.9 Å². The van der Waals surface area contributed by atoms with Crippen molar-refractivity contribution in [3.63, 3.8) is 0 Å². The molecule has 24 heavy (non-hydrogen) atoms. The SMILES string of the molecule is CCc1nc2n(n1)CCC[C@@H]2NC(=O)[C@@H]1C[C@H](C)Cc2cn[nH]c21. The molecule has 2 aliphatic rings. The molecule has 7 heteroatoms. The highest BCUT2D eigenvalue weighted by Crippen LogP contribution is 2.34. The van der Waals surface area contributed by atoms with Crippen molar-refractivity contribution in [1.29, 1.82) is 0 Å². The van der Waals surface area contributed by atoms with Gasteiger partial charge in [-0.15, -0.1) is 0 Å². The van der Waals surface area contributed by atoms with Crippen LogP contribution in [-0.4, -0.2) is 30.9 Å². The second-order valence-corrected chi connectivity index (χ2v) is 7.07. The Kier molecular flexibility index (Phi) is 3.86. The van der Waals surface area contributed by atoms with Gasteiger partial charge in [0.1, 0.15) is 5.82 Å². The van der Waals surface area contributed by atoms with Crippen molar-refractivity contribution in [3.8, 4) is 0 Å². The molecule has 0 fully saturated rings. The number of aromatic amines is 1. The minimum atomic E-state index is -0.143. The lowest BCUT2D eigenvalue weighted by Gasteiger charge is -2.29. The Bertz CT molecular complexity index is 748. The lowest BCUT2D eigenvalue weighted by molar-refractivity contribution is -0.124. The van der Waals surface area contributed by atoms with Crippen molar-refractivity contribution in [2.24, 2.45) is 5.92 Å². The second-order valence-electron chi connectivity index (χ2n) is 7.07. The fourth-order valence-electron chi connectivity index (χ4n) is 3.96. The molecule has 128 valence electrons. The Morgan fingerprint density at radius 3 is 3.21 bits per heavy atom. The van der Waals surface area contributed by atoms with Crippen LogP contribution in [-0.2, 0) is 24.2 Å². The maximum atomic E-state index is 12.9. The van der Waals surface area contributed by atoms with Gasteiger partial charge < -0.3 is 5.32 Å². The molecular weight excluding hydrogens is 304 g/mol. The van der Waals surface area contributed by atoms with Crippen LogP contribution in [0, 0.1) is 5.92 Å². The molecule has 0 aromatic carbocycles. The minimum Gasteiger partial charge on any atom is -0.346 e. The number of aromatic nitrogens is 5. The molecule has 1 aliphatic heterocycles. The van der Waals surface area contributed by atoms with Crippen LogP contribution in [0.5, 0.6) is 0 Å². The molecular formula is C17H24N6O. The van der Waals surface area contributed by atoms with Gasteiger partial charge >= 0.3 is 0 Å². The Morgan fingerprint density at radius 2 is 2.38 bits per heavy atom. The zero-order valence-corrected chi connectivity index (χ0v) is 14.2. The van der Waals surface area contributed by atoms with E-state index >= 15 is 0 Å². The summed E-state index contributed by atoms with van der Waals surface area (Å²) in [6.07, 6.45) is 6.47. The van der Waals surface area contributed by atoms with E-state index in [0.717, 1.165) is 56.0 Å². The maximum Gasteiger partial charge on any atom is 0.229 e. The first-order valence-electron chi connectivity index (χ1n) is 8.91. The quantitative estimate of drug-likeness (QED) is 0.900. The van der Waals surface area contributed by atoms with E-state index in [1.165, 1.54) is 5.56 Å². The van der Waals surface area contributed by atoms with Crippen LogP contribution < -0.4 is 5.32 Å². The summed E-state index contributed by atoms with van der Waals surface area (Å²) in [6, 6.07) is -0.0392. The Labute approximate surface area is 141 Å². The molecule has 0 saturated heterocycles. The minimum absolute atomic E-state index is 0.0392. The maximum absolute atomic E-state index is 12.9. The lowest BCUT2D eigenvalue weighted by Crippen LogP contribution is -2.38. The first kappa shape index (κ1) is 15.4. The van der Waals surface area contributed by atoms with Crippen LogP contribution in [0.25, 0.3) is 0 Å². The second kappa shape index (κ2) is 6.03. The Hall–Kier alpha value is -2.18. The van der Waals surface area contributed by atoms with Crippen LogP contribution >= 0.6 is 0 Å². The molecule has 0 radical (unpaired) electrons. The number of H-pyrrole nitrogens is 1. The molecule has 7 nitrogen and oxygen atoms in total. The number of rotatable bonds is 3. The van der Waals surface area contributed by atoms with Gasteiger partial charge in [0, 0.05) is 13.0 Å². The van der Waals surface area contributed by atoms with Crippen molar-refractivity contribution in [3.05, 3.63) is 29.1 Å². The first-order valence-corrected chi connectivity index (χ1v) is 8.91. The van der Waals surface area contributed by atoms with E-state index in [2.05, 4.69) is 39.4 Å². The number of hydrogen-bond acceptors (Lipinski definition) is 4. The fourth-order valence-corrected chi connectivity index (χ4v) is 3.96. The van der Waals surface area contributed by atoms with Crippen molar-refractivity contribution in [1.82, 2.24) is 30.3 Å². The highest BCUT2D eigenvalue weighted by atomic mass is 16.2. The van der Waals surface area contributed by atoms with Gasteiger partial charge in [-0.25, -0.2) is 9.67 Å². The number of hydrogen-bond donors (Lipinski definition) is 2. The predicted octanol–water partition coefficient (Wildman–Crippen LogP) is 1.88. The summed E-state index contributed by atoms with van der Waals surface area (Å²) in [5.74, 6) is 2.18. The van der Waals surface area contributed by atoms with Crippen molar-refractivity contribution < 1.29 is 4.79 Å².